The zero-order valence-electron chi connectivity index (χ0n) is 16.2. The first-order valence-electron chi connectivity index (χ1n) is 9.10. The van der Waals surface area contributed by atoms with Crippen LogP contribution in [0.5, 0.6) is 0 Å². The van der Waals surface area contributed by atoms with Crippen LogP contribution in [0.15, 0.2) is 16.3 Å². The summed E-state index contributed by atoms with van der Waals surface area (Å²) < 4.78 is 27.3. The molecule has 1 fully saturated rings. The summed E-state index contributed by atoms with van der Waals surface area (Å²) in [5, 5.41) is 2.97. The van der Waals surface area contributed by atoms with E-state index >= 15 is 0 Å². The molecule has 26 heavy (non-hydrogen) atoms. The highest BCUT2D eigenvalue weighted by molar-refractivity contribution is 7.91. The molecule has 1 amide bonds. The van der Waals surface area contributed by atoms with Crippen molar-refractivity contribution in [3.05, 3.63) is 17.0 Å². The number of carbonyl (C=O) groups is 1. The van der Waals surface area contributed by atoms with Crippen LogP contribution < -0.4 is 5.32 Å². The number of amides is 1. The monoisotopic (exact) mass is 401 g/mol. The summed E-state index contributed by atoms with van der Waals surface area (Å²) in [4.78, 5) is 15.1. The fourth-order valence-electron chi connectivity index (χ4n) is 3.29. The predicted octanol–water partition coefficient (Wildman–Crippen LogP) is 2.17. The van der Waals surface area contributed by atoms with Gasteiger partial charge in [0.05, 0.1) is 6.42 Å². The van der Waals surface area contributed by atoms with Gasteiger partial charge in [0.1, 0.15) is 4.21 Å². The Morgan fingerprint density at radius 1 is 1.23 bits per heavy atom. The first kappa shape index (κ1) is 21.3. The van der Waals surface area contributed by atoms with Gasteiger partial charge in [-0.15, -0.1) is 11.3 Å². The normalized spacial score (nSPS) is 16.8. The summed E-state index contributed by atoms with van der Waals surface area (Å²) in [5.41, 5.74) is -0.0165. The molecule has 0 bridgehead atoms. The SMILES string of the molecule is CN(C)CC(C)(C)CNC(=O)Cc1ccc(S(=O)(=O)N2CCCCC2)s1. The first-order valence-corrected chi connectivity index (χ1v) is 11.4. The largest absolute Gasteiger partial charge is 0.355 e. The second-order valence-electron chi connectivity index (χ2n) is 8.04. The van der Waals surface area contributed by atoms with Gasteiger partial charge in [0.15, 0.2) is 0 Å². The Morgan fingerprint density at radius 3 is 2.50 bits per heavy atom. The van der Waals surface area contributed by atoms with Crippen molar-refractivity contribution in [1.82, 2.24) is 14.5 Å². The van der Waals surface area contributed by atoms with Gasteiger partial charge in [0.25, 0.3) is 10.0 Å². The van der Waals surface area contributed by atoms with Gasteiger partial charge in [-0.05, 0) is 44.5 Å². The zero-order valence-corrected chi connectivity index (χ0v) is 17.9. The van der Waals surface area contributed by atoms with Gasteiger partial charge in [-0.25, -0.2) is 8.42 Å². The smallest absolute Gasteiger partial charge is 0.252 e. The lowest BCUT2D eigenvalue weighted by molar-refractivity contribution is -0.120. The molecule has 2 rings (SSSR count). The average molecular weight is 402 g/mol. The van der Waals surface area contributed by atoms with E-state index in [1.807, 2.05) is 14.1 Å². The predicted molar refractivity (Wildman–Crippen MR) is 106 cm³/mol. The molecule has 0 saturated carbocycles. The average Bonchev–Trinajstić information content (AvgIpc) is 3.02. The molecule has 0 radical (unpaired) electrons. The molecule has 2 heterocycles. The van der Waals surface area contributed by atoms with E-state index < -0.39 is 10.0 Å². The number of rotatable bonds is 8. The van der Waals surface area contributed by atoms with Crippen LogP contribution in [0.4, 0.5) is 0 Å². The van der Waals surface area contributed by atoms with E-state index in [1.54, 1.807) is 16.4 Å². The third-order valence-corrected chi connectivity index (χ3v) is 7.84. The van der Waals surface area contributed by atoms with Crippen molar-refractivity contribution in [3.63, 3.8) is 0 Å². The summed E-state index contributed by atoms with van der Waals surface area (Å²) >= 11 is 1.21. The van der Waals surface area contributed by atoms with Gasteiger partial charge >= 0.3 is 0 Å². The number of carbonyl (C=O) groups excluding carboxylic acids is 1. The Hall–Kier alpha value is -0.960. The molecule has 1 saturated heterocycles. The van der Waals surface area contributed by atoms with Gasteiger partial charge in [0.2, 0.25) is 5.91 Å². The summed E-state index contributed by atoms with van der Waals surface area (Å²) in [5.74, 6) is -0.0689. The third kappa shape index (κ3) is 6.04. The van der Waals surface area contributed by atoms with Crippen LogP contribution in [0.3, 0.4) is 0 Å². The number of thiophene rings is 1. The lowest BCUT2D eigenvalue weighted by Crippen LogP contribution is -2.40. The van der Waals surface area contributed by atoms with E-state index in [1.165, 1.54) is 11.3 Å². The minimum atomic E-state index is -3.41. The van der Waals surface area contributed by atoms with Crippen molar-refractivity contribution in [2.45, 2.75) is 43.7 Å². The van der Waals surface area contributed by atoms with Crippen molar-refractivity contribution < 1.29 is 13.2 Å². The van der Waals surface area contributed by atoms with Gasteiger partial charge in [-0.1, -0.05) is 20.3 Å². The maximum absolute atomic E-state index is 12.7. The molecular weight excluding hydrogens is 370 g/mol. The van der Waals surface area contributed by atoms with Gasteiger partial charge in [0, 0.05) is 31.1 Å². The van der Waals surface area contributed by atoms with Crippen LogP contribution in [-0.2, 0) is 21.2 Å². The van der Waals surface area contributed by atoms with Gasteiger partial charge in [-0.3, -0.25) is 4.79 Å². The van der Waals surface area contributed by atoms with Crippen LogP contribution >= 0.6 is 11.3 Å². The van der Waals surface area contributed by atoms with Gasteiger partial charge < -0.3 is 10.2 Å². The molecule has 1 aromatic rings. The second-order valence-corrected chi connectivity index (χ2v) is 11.4. The summed E-state index contributed by atoms with van der Waals surface area (Å²) in [6.07, 6.45) is 3.15. The number of piperidine rings is 1. The Bertz CT molecular complexity index is 705. The molecule has 6 nitrogen and oxygen atoms in total. The van der Waals surface area contributed by atoms with Gasteiger partial charge in [-0.2, -0.15) is 4.31 Å². The molecule has 0 spiro atoms. The molecule has 1 aromatic heterocycles. The lowest BCUT2D eigenvalue weighted by atomic mass is 9.93. The quantitative estimate of drug-likeness (QED) is 0.725. The molecule has 148 valence electrons. The van der Waals surface area contributed by atoms with Crippen LogP contribution in [0.25, 0.3) is 0 Å². The molecule has 8 heteroatoms. The molecule has 1 N–H and O–H groups in total. The highest BCUT2D eigenvalue weighted by Crippen LogP contribution is 2.27. The lowest BCUT2D eigenvalue weighted by Gasteiger charge is -2.28. The van der Waals surface area contributed by atoms with E-state index in [9.17, 15) is 13.2 Å². The first-order chi connectivity index (χ1) is 12.1. The fourth-order valence-corrected chi connectivity index (χ4v) is 6.32. The second kappa shape index (κ2) is 8.82. The van der Waals surface area contributed by atoms with Crippen molar-refractivity contribution >= 4 is 27.3 Å². The van der Waals surface area contributed by atoms with Crippen LogP contribution in [0.2, 0.25) is 0 Å². The summed E-state index contributed by atoms with van der Waals surface area (Å²) in [6, 6.07) is 3.39. The molecule has 0 aliphatic carbocycles. The van der Waals surface area contributed by atoms with E-state index in [0.717, 1.165) is 30.7 Å². The molecule has 0 unspecified atom stereocenters. The number of sulfonamides is 1. The molecule has 0 aromatic carbocycles. The Labute approximate surface area is 161 Å². The molecular formula is C18H31N3O3S2. The highest BCUT2D eigenvalue weighted by Gasteiger charge is 2.27. The van der Waals surface area contributed by atoms with Crippen molar-refractivity contribution in [3.8, 4) is 0 Å². The van der Waals surface area contributed by atoms with Crippen molar-refractivity contribution in [1.29, 1.82) is 0 Å². The molecule has 0 atom stereocenters. The fraction of sp³-hybridized carbons (Fsp3) is 0.722. The summed E-state index contributed by atoms with van der Waals surface area (Å²) in [6.45, 7) is 6.89. The number of hydrogen-bond donors (Lipinski definition) is 1. The third-order valence-electron chi connectivity index (χ3n) is 4.39. The van der Waals surface area contributed by atoms with Crippen molar-refractivity contribution in [2.75, 3.05) is 40.3 Å². The van der Waals surface area contributed by atoms with Crippen LogP contribution in [0.1, 0.15) is 38.0 Å². The zero-order chi connectivity index (χ0) is 19.4. The Kier molecular flexibility index (Phi) is 7.24. The van der Waals surface area contributed by atoms with E-state index in [0.29, 0.717) is 23.8 Å². The van der Waals surface area contributed by atoms with E-state index in [4.69, 9.17) is 0 Å². The maximum Gasteiger partial charge on any atom is 0.252 e. The topological polar surface area (TPSA) is 69.7 Å². The van der Waals surface area contributed by atoms with Crippen molar-refractivity contribution in [2.24, 2.45) is 5.41 Å². The Morgan fingerprint density at radius 2 is 1.88 bits per heavy atom. The molecule has 1 aliphatic heterocycles. The molecule has 1 aliphatic rings. The summed E-state index contributed by atoms with van der Waals surface area (Å²) in [7, 11) is 0.615. The number of hydrogen-bond acceptors (Lipinski definition) is 5. The van der Waals surface area contributed by atoms with Crippen LogP contribution in [-0.4, -0.2) is 63.8 Å². The maximum atomic E-state index is 12.7. The number of nitrogens with zero attached hydrogens (tertiary/aromatic N) is 2. The Balaban J connectivity index is 1.92. The minimum Gasteiger partial charge on any atom is -0.355 e. The van der Waals surface area contributed by atoms with Crippen LogP contribution in [0, 0.1) is 5.41 Å². The standard InChI is InChI=1S/C18H31N3O3S2/c1-18(2,14-20(3)4)13-19-16(22)12-15-8-9-17(25-15)26(23,24)21-10-6-5-7-11-21/h8-9H,5-7,10-14H2,1-4H3,(H,19,22). The van der Waals surface area contributed by atoms with E-state index in [-0.39, 0.29) is 17.7 Å². The highest BCUT2D eigenvalue weighted by atomic mass is 32.2. The number of nitrogens with one attached hydrogen (secondary N) is 1. The van der Waals surface area contributed by atoms with E-state index in [2.05, 4.69) is 24.1 Å². The minimum absolute atomic E-state index is 0.0165.